The number of nitrogens with zero attached hydrogens (tertiary/aromatic N) is 1. The van der Waals surface area contributed by atoms with E-state index in [9.17, 15) is 9.59 Å². The fourth-order valence-corrected chi connectivity index (χ4v) is 1.47. The lowest BCUT2D eigenvalue weighted by molar-refractivity contribution is 0.0995. The third kappa shape index (κ3) is 2.49. The number of aryl methyl sites for hydroxylation is 1. The molecule has 0 radical (unpaired) electrons. The Bertz CT molecular complexity index is 627. The average molecular weight is 247 g/mol. The summed E-state index contributed by atoms with van der Waals surface area (Å²) in [5, 5.41) is 2.63. The predicted molar refractivity (Wildman–Crippen MR) is 66.2 cm³/mol. The zero-order valence-electron chi connectivity index (χ0n) is 9.84. The molecule has 0 atom stereocenters. The van der Waals surface area contributed by atoms with Crippen molar-refractivity contribution < 1.29 is 9.21 Å². The molecular formula is C12H13N3O3. The van der Waals surface area contributed by atoms with E-state index in [2.05, 4.69) is 5.32 Å². The van der Waals surface area contributed by atoms with Crippen molar-refractivity contribution >= 4 is 11.6 Å². The van der Waals surface area contributed by atoms with E-state index in [0.29, 0.717) is 11.4 Å². The summed E-state index contributed by atoms with van der Waals surface area (Å²) in [6.07, 6.45) is 1.53. The zero-order chi connectivity index (χ0) is 13.1. The second kappa shape index (κ2) is 4.89. The molecule has 18 heavy (non-hydrogen) atoms. The van der Waals surface area contributed by atoms with E-state index in [0.717, 1.165) is 0 Å². The fraction of sp³-hybridized carbons (Fsp3) is 0.167. The lowest BCUT2D eigenvalue weighted by atomic mass is 10.3. The standard InChI is InChI=1S/C12H13N3O3/c1-15-7-8(2-5-11(15)16)14-12(17)10-4-3-9(6-13)18-10/h2-5,7H,6,13H2,1H3,(H,14,17). The lowest BCUT2D eigenvalue weighted by Crippen LogP contribution is -2.17. The molecule has 0 saturated carbocycles. The van der Waals surface area contributed by atoms with Crippen molar-refractivity contribution in [2.45, 2.75) is 6.54 Å². The molecular weight excluding hydrogens is 234 g/mol. The van der Waals surface area contributed by atoms with E-state index in [1.54, 1.807) is 19.2 Å². The van der Waals surface area contributed by atoms with E-state index in [1.165, 1.54) is 22.9 Å². The summed E-state index contributed by atoms with van der Waals surface area (Å²) in [6, 6.07) is 6.12. The van der Waals surface area contributed by atoms with Crippen LogP contribution in [0, 0.1) is 0 Å². The second-order valence-electron chi connectivity index (χ2n) is 3.79. The van der Waals surface area contributed by atoms with Crippen LogP contribution in [0.1, 0.15) is 16.3 Å². The first kappa shape index (κ1) is 12.1. The number of hydrogen-bond acceptors (Lipinski definition) is 4. The highest BCUT2D eigenvalue weighted by Gasteiger charge is 2.11. The van der Waals surface area contributed by atoms with Gasteiger partial charge in [0.2, 0.25) is 5.56 Å². The van der Waals surface area contributed by atoms with Crippen molar-refractivity contribution in [1.29, 1.82) is 0 Å². The maximum Gasteiger partial charge on any atom is 0.291 e. The molecule has 94 valence electrons. The van der Waals surface area contributed by atoms with Crippen LogP contribution >= 0.6 is 0 Å². The Labute approximate surface area is 103 Å². The number of carbonyl (C=O) groups excluding carboxylic acids is 1. The van der Waals surface area contributed by atoms with Crippen LogP contribution in [0.3, 0.4) is 0 Å². The molecule has 2 heterocycles. The first-order chi connectivity index (χ1) is 8.60. The van der Waals surface area contributed by atoms with Crippen LogP contribution in [-0.2, 0) is 13.6 Å². The monoisotopic (exact) mass is 247 g/mol. The van der Waals surface area contributed by atoms with Gasteiger partial charge in [-0.05, 0) is 18.2 Å². The Hall–Kier alpha value is -2.34. The van der Waals surface area contributed by atoms with Crippen LogP contribution in [-0.4, -0.2) is 10.5 Å². The molecule has 2 aromatic rings. The van der Waals surface area contributed by atoms with Crippen molar-refractivity contribution in [3.8, 4) is 0 Å². The largest absolute Gasteiger partial charge is 0.455 e. The molecule has 0 unspecified atom stereocenters. The van der Waals surface area contributed by atoms with Crippen molar-refractivity contribution in [1.82, 2.24) is 4.57 Å². The van der Waals surface area contributed by atoms with Crippen molar-refractivity contribution in [3.05, 3.63) is 52.3 Å². The van der Waals surface area contributed by atoms with Gasteiger partial charge in [-0.15, -0.1) is 0 Å². The molecule has 1 amide bonds. The zero-order valence-corrected chi connectivity index (χ0v) is 9.84. The van der Waals surface area contributed by atoms with Crippen molar-refractivity contribution in [2.24, 2.45) is 12.8 Å². The highest BCUT2D eigenvalue weighted by molar-refractivity contribution is 6.02. The van der Waals surface area contributed by atoms with E-state index in [1.807, 2.05) is 0 Å². The number of amides is 1. The molecule has 2 aromatic heterocycles. The van der Waals surface area contributed by atoms with Gasteiger partial charge in [0, 0.05) is 19.3 Å². The molecule has 0 spiro atoms. The summed E-state index contributed by atoms with van der Waals surface area (Å²) in [5.74, 6) is 0.346. The third-order valence-corrected chi connectivity index (χ3v) is 2.43. The van der Waals surface area contributed by atoms with Crippen LogP contribution in [0.15, 0.2) is 39.7 Å². The minimum absolute atomic E-state index is 0.142. The van der Waals surface area contributed by atoms with Crippen LogP contribution < -0.4 is 16.6 Å². The summed E-state index contributed by atoms with van der Waals surface area (Å²) >= 11 is 0. The number of anilines is 1. The van der Waals surface area contributed by atoms with E-state index in [4.69, 9.17) is 10.2 Å². The summed E-state index contributed by atoms with van der Waals surface area (Å²) < 4.78 is 6.59. The molecule has 0 bridgehead atoms. The van der Waals surface area contributed by atoms with Gasteiger partial charge in [0.15, 0.2) is 5.76 Å². The number of carbonyl (C=O) groups is 1. The van der Waals surface area contributed by atoms with Gasteiger partial charge >= 0.3 is 0 Å². The minimum Gasteiger partial charge on any atom is -0.455 e. The van der Waals surface area contributed by atoms with Crippen LogP contribution in [0.2, 0.25) is 0 Å². The first-order valence-corrected chi connectivity index (χ1v) is 5.37. The van der Waals surface area contributed by atoms with Crippen molar-refractivity contribution in [3.63, 3.8) is 0 Å². The molecule has 6 nitrogen and oxygen atoms in total. The molecule has 0 aliphatic rings. The molecule has 0 fully saturated rings. The Balaban J connectivity index is 2.15. The normalized spacial score (nSPS) is 10.3. The number of aromatic nitrogens is 1. The highest BCUT2D eigenvalue weighted by atomic mass is 16.4. The Morgan fingerprint density at radius 2 is 2.17 bits per heavy atom. The fourth-order valence-electron chi connectivity index (χ4n) is 1.47. The Kier molecular flexibility index (Phi) is 3.29. The van der Waals surface area contributed by atoms with Crippen LogP contribution in [0.5, 0.6) is 0 Å². The number of nitrogens with one attached hydrogen (secondary N) is 1. The van der Waals surface area contributed by atoms with Gasteiger partial charge in [-0.3, -0.25) is 9.59 Å². The summed E-state index contributed by atoms with van der Waals surface area (Å²) in [6.45, 7) is 0.243. The molecule has 0 saturated heterocycles. The quantitative estimate of drug-likeness (QED) is 0.834. The van der Waals surface area contributed by atoms with Gasteiger partial charge in [0.05, 0.1) is 12.2 Å². The van der Waals surface area contributed by atoms with Gasteiger partial charge in [-0.2, -0.15) is 0 Å². The minimum atomic E-state index is -0.381. The Morgan fingerprint density at radius 3 is 2.78 bits per heavy atom. The van der Waals surface area contributed by atoms with Crippen LogP contribution in [0.25, 0.3) is 0 Å². The third-order valence-electron chi connectivity index (χ3n) is 2.43. The summed E-state index contributed by atoms with van der Waals surface area (Å²) in [4.78, 5) is 23.0. The van der Waals surface area contributed by atoms with Crippen LogP contribution in [0.4, 0.5) is 5.69 Å². The number of hydrogen-bond donors (Lipinski definition) is 2. The molecule has 2 rings (SSSR count). The van der Waals surface area contributed by atoms with Gasteiger partial charge in [0.25, 0.3) is 5.91 Å². The topological polar surface area (TPSA) is 90.3 Å². The van der Waals surface area contributed by atoms with E-state index < -0.39 is 0 Å². The number of nitrogens with two attached hydrogens (primary N) is 1. The molecule has 6 heteroatoms. The maximum absolute atomic E-state index is 11.8. The molecule has 0 aliphatic heterocycles. The Morgan fingerprint density at radius 1 is 1.39 bits per heavy atom. The van der Waals surface area contributed by atoms with E-state index in [-0.39, 0.29) is 23.8 Å². The van der Waals surface area contributed by atoms with E-state index >= 15 is 0 Å². The molecule has 0 aliphatic carbocycles. The van der Waals surface area contributed by atoms with Crippen molar-refractivity contribution in [2.75, 3.05) is 5.32 Å². The van der Waals surface area contributed by atoms with Gasteiger partial charge < -0.3 is 20.0 Å². The average Bonchev–Trinajstić information content (AvgIpc) is 2.82. The van der Waals surface area contributed by atoms with Gasteiger partial charge in [0.1, 0.15) is 5.76 Å². The lowest BCUT2D eigenvalue weighted by Gasteiger charge is -2.04. The molecule has 0 aromatic carbocycles. The highest BCUT2D eigenvalue weighted by Crippen LogP contribution is 2.10. The number of furan rings is 1. The SMILES string of the molecule is Cn1cc(NC(=O)c2ccc(CN)o2)ccc1=O. The maximum atomic E-state index is 11.8. The summed E-state index contributed by atoms with van der Waals surface area (Å²) in [7, 11) is 1.61. The first-order valence-electron chi connectivity index (χ1n) is 5.37. The number of pyridine rings is 1. The molecule has 3 N–H and O–H groups in total. The second-order valence-corrected chi connectivity index (χ2v) is 3.79. The van der Waals surface area contributed by atoms with Gasteiger partial charge in [-0.1, -0.05) is 0 Å². The summed E-state index contributed by atoms with van der Waals surface area (Å²) in [5.41, 5.74) is 5.77. The van der Waals surface area contributed by atoms with Gasteiger partial charge in [-0.25, -0.2) is 0 Å². The predicted octanol–water partition coefficient (Wildman–Crippen LogP) is 0.689. The smallest absolute Gasteiger partial charge is 0.291 e. The number of rotatable bonds is 3.